The van der Waals surface area contributed by atoms with E-state index in [4.69, 9.17) is 19.8 Å². The monoisotopic (exact) mass is 306 g/mol. The molecule has 0 spiro atoms. The molecule has 0 radical (unpaired) electrons. The van der Waals surface area contributed by atoms with Crippen molar-refractivity contribution in [1.29, 1.82) is 0 Å². The third kappa shape index (κ3) is 3.07. The van der Waals surface area contributed by atoms with E-state index in [2.05, 4.69) is 5.32 Å². The fourth-order valence-electron chi connectivity index (χ4n) is 2.56. The molecule has 0 saturated carbocycles. The number of halogens is 1. The molecule has 3 rings (SSSR count). The Morgan fingerprint density at radius 2 is 1.90 bits per heavy atom. The summed E-state index contributed by atoms with van der Waals surface area (Å²) < 4.78 is 50.1. The minimum atomic E-state index is -2.88. The second kappa shape index (κ2) is 6.50. The summed E-state index contributed by atoms with van der Waals surface area (Å²) in [5.41, 5.74) is 2.67. The first-order valence-electron chi connectivity index (χ1n) is 9.88. The van der Waals surface area contributed by atoms with Gasteiger partial charge in [-0.2, -0.15) is 0 Å². The first-order chi connectivity index (χ1) is 12.5. The van der Waals surface area contributed by atoms with Gasteiger partial charge in [0.2, 0.25) is 0 Å². The summed E-state index contributed by atoms with van der Waals surface area (Å²) in [6.07, 6.45) is -1.57. The van der Waals surface area contributed by atoms with E-state index < -0.39 is 19.4 Å². The fraction of sp³-hybridized carbons (Fsp3) is 0.333. The Labute approximate surface area is 140 Å². The maximum atomic E-state index is 8.71. The van der Waals surface area contributed by atoms with Crippen molar-refractivity contribution in [3.8, 4) is 0 Å². The Hall–Kier alpha value is -1.51. The van der Waals surface area contributed by atoms with Crippen LogP contribution in [0.4, 0.5) is 11.4 Å². The van der Waals surface area contributed by atoms with Crippen molar-refractivity contribution in [1.82, 2.24) is 5.32 Å². The summed E-state index contributed by atoms with van der Waals surface area (Å²) in [7, 11) is 1.27. The Morgan fingerprint density at radius 1 is 1.14 bits per heavy atom. The SMILES string of the molecule is [2H]C([2H])(NC)C([2H])([2H])C([2H])([2H])N1c2ccccc2CCc2ccc(Cl)cc21. The summed E-state index contributed by atoms with van der Waals surface area (Å²) in [5.74, 6) is 0. The Morgan fingerprint density at radius 3 is 2.71 bits per heavy atom. The normalized spacial score (nSPS) is 19.8. The molecule has 0 saturated heterocycles. The molecule has 0 fully saturated rings. The molecule has 1 heterocycles. The van der Waals surface area contributed by atoms with Gasteiger partial charge >= 0.3 is 0 Å². The minimum absolute atomic E-state index is 0.408. The van der Waals surface area contributed by atoms with Crippen LogP contribution in [0.15, 0.2) is 42.5 Å². The zero-order valence-corrected chi connectivity index (χ0v) is 12.5. The zero-order valence-electron chi connectivity index (χ0n) is 17.8. The molecule has 1 aliphatic heterocycles. The van der Waals surface area contributed by atoms with Crippen molar-refractivity contribution >= 4 is 23.0 Å². The lowest BCUT2D eigenvalue weighted by Gasteiger charge is -2.27. The molecule has 2 nitrogen and oxygen atoms in total. The van der Waals surface area contributed by atoms with E-state index in [1.165, 1.54) is 11.9 Å². The van der Waals surface area contributed by atoms with Crippen LogP contribution in [-0.2, 0) is 12.8 Å². The lowest BCUT2D eigenvalue weighted by atomic mass is 10.0. The number of aryl methyl sites for hydroxylation is 2. The Balaban J connectivity index is 2.29. The fourth-order valence-corrected chi connectivity index (χ4v) is 2.73. The summed E-state index contributed by atoms with van der Waals surface area (Å²) in [5, 5.41) is 2.68. The van der Waals surface area contributed by atoms with Gasteiger partial charge in [0.1, 0.15) is 0 Å². The lowest BCUT2D eigenvalue weighted by molar-refractivity contribution is 0.723. The molecule has 0 unspecified atom stereocenters. The van der Waals surface area contributed by atoms with Crippen LogP contribution in [0.5, 0.6) is 0 Å². The smallest absolute Gasteiger partial charge is 0.0498 e. The molecule has 0 aromatic heterocycles. The average Bonchev–Trinajstić information content (AvgIpc) is 2.77. The zero-order chi connectivity index (χ0) is 20.0. The largest absolute Gasteiger partial charge is 0.341 e. The molecule has 0 bridgehead atoms. The highest BCUT2D eigenvalue weighted by atomic mass is 35.5. The molecule has 2 aromatic rings. The van der Waals surface area contributed by atoms with Crippen molar-refractivity contribution in [2.45, 2.75) is 19.2 Å². The van der Waals surface area contributed by atoms with E-state index in [-0.39, 0.29) is 0 Å². The Kier molecular flexibility index (Phi) is 2.73. The second-order valence-electron chi connectivity index (χ2n) is 4.85. The predicted molar refractivity (Wildman–Crippen MR) is 90.9 cm³/mol. The van der Waals surface area contributed by atoms with Gasteiger partial charge in [-0.1, -0.05) is 35.9 Å². The van der Waals surface area contributed by atoms with Gasteiger partial charge in [0, 0.05) is 31.1 Å². The molecule has 0 atom stereocenters. The third-order valence-corrected chi connectivity index (χ3v) is 3.77. The van der Waals surface area contributed by atoms with Crippen molar-refractivity contribution < 1.29 is 8.22 Å². The predicted octanol–water partition coefficient (Wildman–Crippen LogP) is 4.19. The van der Waals surface area contributed by atoms with Crippen LogP contribution < -0.4 is 10.2 Å². The van der Waals surface area contributed by atoms with Crippen molar-refractivity contribution in [3.63, 3.8) is 0 Å². The van der Waals surface area contributed by atoms with Crippen LogP contribution in [0, 0.1) is 0 Å². The number of nitrogens with zero attached hydrogens (tertiary/aromatic N) is 1. The number of nitrogens with one attached hydrogen (secondary N) is 1. The van der Waals surface area contributed by atoms with Crippen LogP contribution >= 0.6 is 11.6 Å². The standard InChI is InChI=1S/C18H21ClN2/c1-20-11-4-12-21-17-6-3-2-5-14(17)7-8-15-9-10-16(19)13-18(15)21/h2-3,5-6,9-10,13,20H,4,7-8,11-12H2,1H3/i4D2,11D2,12D2. The molecule has 0 amide bonds. The van der Waals surface area contributed by atoms with Crippen LogP contribution in [-0.4, -0.2) is 20.0 Å². The molecule has 1 aliphatic rings. The van der Waals surface area contributed by atoms with Crippen LogP contribution in [0.3, 0.4) is 0 Å². The summed E-state index contributed by atoms with van der Waals surface area (Å²) in [6, 6.07) is 12.4. The molecule has 110 valence electrons. The molecule has 21 heavy (non-hydrogen) atoms. The highest BCUT2D eigenvalue weighted by Gasteiger charge is 2.20. The van der Waals surface area contributed by atoms with E-state index in [9.17, 15) is 0 Å². The summed E-state index contributed by atoms with van der Waals surface area (Å²) in [4.78, 5) is 1.26. The summed E-state index contributed by atoms with van der Waals surface area (Å²) in [6.45, 7) is -5.31. The molecule has 0 aliphatic carbocycles. The quantitative estimate of drug-likeness (QED) is 0.911. The second-order valence-corrected chi connectivity index (χ2v) is 5.29. The van der Waals surface area contributed by atoms with Gasteiger partial charge in [-0.25, -0.2) is 0 Å². The highest BCUT2D eigenvalue weighted by molar-refractivity contribution is 6.30. The number of rotatable bonds is 4. The number of benzene rings is 2. The average molecular weight is 307 g/mol. The van der Waals surface area contributed by atoms with E-state index in [0.29, 0.717) is 29.2 Å². The number of fused-ring (bicyclic) bond motifs is 2. The van der Waals surface area contributed by atoms with E-state index in [1.807, 2.05) is 18.2 Å². The number of hydrogen-bond acceptors (Lipinski definition) is 2. The van der Waals surface area contributed by atoms with E-state index in [1.54, 1.807) is 24.3 Å². The van der Waals surface area contributed by atoms with Gasteiger partial charge in [-0.15, -0.1) is 0 Å². The van der Waals surface area contributed by atoms with Crippen molar-refractivity contribution in [3.05, 3.63) is 58.6 Å². The van der Waals surface area contributed by atoms with Gasteiger partial charge in [-0.3, -0.25) is 0 Å². The van der Waals surface area contributed by atoms with Crippen LogP contribution in [0.2, 0.25) is 5.02 Å². The molecular weight excluding hydrogens is 280 g/mol. The van der Waals surface area contributed by atoms with Crippen LogP contribution in [0.25, 0.3) is 0 Å². The molecule has 3 heteroatoms. The molecule has 2 aromatic carbocycles. The number of hydrogen-bond donors (Lipinski definition) is 1. The third-order valence-electron chi connectivity index (χ3n) is 3.54. The minimum Gasteiger partial charge on any atom is -0.341 e. The van der Waals surface area contributed by atoms with Gasteiger partial charge in [0.05, 0.1) is 0 Å². The van der Waals surface area contributed by atoms with Gasteiger partial charge in [-0.05, 0) is 62.1 Å². The van der Waals surface area contributed by atoms with E-state index >= 15 is 0 Å². The lowest BCUT2D eigenvalue weighted by Crippen LogP contribution is -2.23. The first kappa shape index (κ1) is 8.82. The Bertz CT molecular complexity index is 855. The first-order valence-corrected chi connectivity index (χ1v) is 7.26. The van der Waals surface area contributed by atoms with Gasteiger partial charge in [0.25, 0.3) is 0 Å². The highest BCUT2D eigenvalue weighted by Crippen LogP contribution is 2.37. The van der Waals surface area contributed by atoms with Crippen LogP contribution in [0.1, 0.15) is 25.7 Å². The summed E-state index contributed by atoms with van der Waals surface area (Å²) >= 11 is 6.17. The van der Waals surface area contributed by atoms with Gasteiger partial charge < -0.3 is 10.2 Å². The van der Waals surface area contributed by atoms with Crippen molar-refractivity contribution in [2.75, 3.05) is 24.9 Å². The van der Waals surface area contributed by atoms with Gasteiger partial charge in [0.15, 0.2) is 0 Å². The number of para-hydroxylation sites is 1. The van der Waals surface area contributed by atoms with E-state index in [0.717, 1.165) is 11.1 Å². The molecule has 1 N–H and O–H groups in total. The maximum Gasteiger partial charge on any atom is 0.0498 e. The maximum absolute atomic E-state index is 8.71. The number of anilines is 2. The molecular formula is C18H21ClN2. The topological polar surface area (TPSA) is 15.3 Å². The van der Waals surface area contributed by atoms with Crippen molar-refractivity contribution in [2.24, 2.45) is 0 Å².